The molecule has 1 atom stereocenters. The minimum Gasteiger partial charge on any atom is -0.480 e. The van der Waals surface area contributed by atoms with E-state index in [-0.39, 0.29) is 0 Å². The van der Waals surface area contributed by atoms with Crippen molar-refractivity contribution in [3.8, 4) is 11.4 Å². The summed E-state index contributed by atoms with van der Waals surface area (Å²) in [4.78, 5) is 16.0. The fraction of sp³-hybridized carbons (Fsp3) is 0.300. The molecule has 0 fully saturated rings. The van der Waals surface area contributed by atoms with Gasteiger partial charge in [-0.2, -0.15) is 0 Å². The molecule has 0 saturated carbocycles. The second-order valence-corrected chi connectivity index (χ2v) is 3.44. The van der Waals surface area contributed by atoms with Gasteiger partial charge in [-0.1, -0.05) is 6.92 Å². The Hall–Kier alpha value is -2.31. The summed E-state index contributed by atoms with van der Waals surface area (Å²) in [6.07, 6.45) is 3.64. The Balaban J connectivity index is 2.30. The lowest BCUT2D eigenvalue weighted by molar-refractivity contribution is -0.141. The van der Waals surface area contributed by atoms with Crippen LogP contribution in [0.15, 0.2) is 24.5 Å². The molecule has 2 aromatic rings. The summed E-state index contributed by atoms with van der Waals surface area (Å²) in [6, 6.07) is 2.76. The Morgan fingerprint density at radius 2 is 2.41 bits per heavy atom. The van der Waals surface area contributed by atoms with Crippen LogP contribution in [0.5, 0.6) is 0 Å². The average molecular weight is 233 g/mol. The predicted octanol–water partition coefficient (Wildman–Crippen LogP) is 0.771. The van der Waals surface area contributed by atoms with Crippen LogP contribution in [0.3, 0.4) is 0 Å². The minimum absolute atomic E-state index is 0.373. The number of pyridine rings is 1. The smallest absolute Gasteiger partial charge is 0.330 e. The third kappa shape index (κ3) is 2.27. The number of aromatic nitrogens is 5. The number of aliphatic carboxylic acids is 1. The van der Waals surface area contributed by atoms with Gasteiger partial charge in [0, 0.05) is 18.0 Å². The first-order valence-electron chi connectivity index (χ1n) is 5.15. The van der Waals surface area contributed by atoms with Gasteiger partial charge in [0.05, 0.1) is 0 Å². The van der Waals surface area contributed by atoms with Gasteiger partial charge in [0.25, 0.3) is 0 Å². The molecule has 0 aromatic carbocycles. The quantitative estimate of drug-likeness (QED) is 0.838. The second-order valence-electron chi connectivity index (χ2n) is 3.44. The molecule has 0 bridgehead atoms. The van der Waals surface area contributed by atoms with Gasteiger partial charge in [0.15, 0.2) is 6.04 Å². The van der Waals surface area contributed by atoms with E-state index in [9.17, 15) is 4.79 Å². The van der Waals surface area contributed by atoms with E-state index in [0.29, 0.717) is 17.8 Å². The summed E-state index contributed by atoms with van der Waals surface area (Å²) in [5.41, 5.74) is 0.707. The van der Waals surface area contributed by atoms with Crippen molar-refractivity contribution in [3.05, 3.63) is 24.5 Å². The number of carboxylic acids is 1. The monoisotopic (exact) mass is 233 g/mol. The van der Waals surface area contributed by atoms with Crippen LogP contribution >= 0.6 is 0 Å². The Morgan fingerprint density at radius 3 is 3.00 bits per heavy atom. The third-order valence-corrected chi connectivity index (χ3v) is 2.30. The average Bonchev–Trinajstić information content (AvgIpc) is 2.80. The fourth-order valence-corrected chi connectivity index (χ4v) is 1.40. The van der Waals surface area contributed by atoms with E-state index in [1.807, 2.05) is 0 Å². The highest BCUT2D eigenvalue weighted by molar-refractivity contribution is 5.71. The lowest BCUT2D eigenvalue weighted by Crippen LogP contribution is -2.20. The maximum Gasteiger partial charge on any atom is 0.330 e. The lowest BCUT2D eigenvalue weighted by Gasteiger charge is -2.06. The number of hydrogen-bond donors (Lipinski definition) is 1. The molecule has 17 heavy (non-hydrogen) atoms. The van der Waals surface area contributed by atoms with E-state index >= 15 is 0 Å². The zero-order valence-electron chi connectivity index (χ0n) is 9.19. The summed E-state index contributed by atoms with van der Waals surface area (Å²) in [6.45, 7) is 1.76. The van der Waals surface area contributed by atoms with Gasteiger partial charge in [0.2, 0.25) is 5.82 Å². The van der Waals surface area contributed by atoms with Crippen LogP contribution in [0.2, 0.25) is 0 Å². The summed E-state index contributed by atoms with van der Waals surface area (Å²) in [5.74, 6) is -0.597. The number of carbonyl (C=O) groups is 1. The molecular weight excluding hydrogens is 222 g/mol. The van der Waals surface area contributed by atoms with Crippen LogP contribution in [0.25, 0.3) is 11.4 Å². The Kier molecular flexibility index (Phi) is 3.08. The highest BCUT2D eigenvalue weighted by Crippen LogP contribution is 2.13. The van der Waals surface area contributed by atoms with Crippen molar-refractivity contribution in [3.63, 3.8) is 0 Å². The highest BCUT2D eigenvalue weighted by Gasteiger charge is 2.20. The Morgan fingerprint density at radius 1 is 1.59 bits per heavy atom. The van der Waals surface area contributed by atoms with Crippen molar-refractivity contribution in [1.82, 2.24) is 25.2 Å². The van der Waals surface area contributed by atoms with E-state index in [1.54, 1.807) is 31.5 Å². The van der Waals surface area contributed by atoms with Crippen molar-refractivity contribution in [2.24, 2.45) is 0 Å². The fourth-order valence-electron chi connectivity index (χ4n) is 1.40. The van der Waals surface area contributed by atoms with Gasteiger partial charge in [-0.25, -0.2) is 4.79 Å². The normalized spacial score (nSPS) is 12.3. The topological polar surface area (TPSA) is 93.8 Å². The van der Waals surface area contributed by atoms with Gasteiger partial charge in [-0.3, -0.25) is 4.98 Å². The van der Waals surface area contributed by atoms with Crippen molar-refractivity contribution in [2.45, 2.75) is 19.4 Å². The predicted molar refractivity (Wildman–Crippen MR) is 58.0 cm³/mol. The molecule has 88 valence electrons. The van der Waals surface area contributed by atoms with E-state index < -0.39 is 12.0 Å². The summed E-state index contributed by atoms with van der Waals surface area (Å²) in [7, 11) is 0. The minimum atomic E-state index is -0.970. The van der Waals surface area contributed by atoms with Crippen molar-refractivity contribution < 1.29 is 9.90 Å². The van der Waals surface area contributed by atoms with Crippen LogP contribution < -0.4 is 0 Å². The van der Waals surface area contributed by atoms with E-state index in [1.165, 1.54) is 0 Å². The molecule has 1 unspecified atom stereocenters. The standard InChI is InChI=1S/C10H11N5O2/c1-2-8(10(16)17)15-13-9(12-14-15)7-4-3-5-11-6-7/h3-6,8H,2H2,1H3,(H,16,17). The van der Waals surface area contributed by atoms with Crippen LogP contribution in [0.1, 0.15) is 19.4 Å². The first-order chi connectivity index (χ1) is 8.22. The lowest BCUT2D eigenvalue weighted by atomic mass is 10.2. The largest absolute Gasteiger partial charge is 0.480 e. The van der Waals surface area contributed by atoms with Crippen molar-refractivity contribution in [1.29, 1.82) is 0 Å². The molecule has 0 spiro atoms. The van der Waals surface area contributed by atoms with Crippen molar-refractivity contribution in [2.75, 3.05) is 0 Å². The first kappa shape index (κ1) is 11.2. The van der Waals surface area contributed by atoms with Crippen molar-refractivity contribution >= 4 is 5.97 Å². The summed E-state index contributed by atoms with van der Waals surface area (Å²) >= 11 is 0. The molecule has 0 saturated heterocycles. The maximum atomic E-state index is 10.9. The van der Waals surface area contributed by atoms with E-state index in [0.717, 1.165) is 4.80 Å². The van der Waals surface area contributed by atoms with E-state index in [2.05, 4.69) is 20.4 Å². The molecule has 0 aliphatic heterocycles. The molecule has 0 radical (unpaired) electrons. The van der Waals surface area contributed by atoms with Crippen LogP contribution in [0.4, 0.5) is 0 Å². The molecule has 0 aliphatic rings. The van der Waals surface area contributed by atoms with Crippen LogP contribution in [-0.2, 0) is 4.79 Å². The summed E-state index contributed by atoms with van der Waals surface area (Å²) < 4.78 is 0. The molecule has 1 N–H and O–H groups in total. The van der Waals surface area contributed by atoms with E-state index in [4.69, 9.17) is 5.11 Å². The zero-order valence-corrected chi connectivity index (χ0v) is 9.19. The van der Waals surface area contributed by atoms with Crippen LogP contribution in [-0.4, -0.2) is 36.3 Å². The maximum absolute atomic E-state index is 10.9. The zero-order chi connectivity index (χ0) is 12.3. The number of rotatable bonds is 4. The third-order valence-electron chi connectivity index (χ3n) is 2.30. The molecule has 7 nitrogen and oxygen atoms in total. The van der Waals surface area contributed by atoms with Gasteiger partial charge in [-0.05, 0) is 23.8 Å². The second kappa shape index (κ2) is 4.69. The molecule has 0 aliphatic carbocycles. The molecule has 7 heteroatoms. The molecule has 2 aromatic heterocycles. The Labute approximate surface area is 97.1 Å². The summed E-state index contributed by atoms with van der Waals surface area (Å²) in [5, 5.41) is 20.6. The number of tetrazole rings is 1. The van der Waals surface area contributed by atoms with Gasteiger partial charge < -0.3 is 5.11 Å². The molecular formula is C10H11N5O2. The number of nitrogens with zero attached hydrogens (tertiary/aromatic N) is 5. The first-order valence-corrected chi connectivity index (χ1v) is 5.15. The molecule has 2 heterocycles. The van der Waals surface area contributed by atoms with Gasteiger partial charge >= 0.3 is 5.97 Å². The Bertz CT molecular complexity index is 510. The van der Waals surface area contributed by atoms with Crippen LogP contribution in [0, 0.1) is 0 Å². The molecule has 0 amide bonds. The van der Waals surface area contributed by atoms with Gasteiger partial charge in [-0.15, -0.1) is 15.0 Å². The van der Waals surface area contributed by atoms with Gasteiger partial charge in [0.1, 0.15) is 0 Å². The molecule has 2 rings (SSSR count). The SMILES string of the molecule is CCC(C(=O)O)n1nnc(-c2cccnc2)n1. The highest BCUT2D eigenvalue weighted by atomic mass is 16.4. The number of carboxylic acid groups (broad SMARTS) is 1. The number of hydrogen-bond acceptors (Lipinski definition) is 5.